The molecule has 0 amide bonds. The van der Waals surface area contributed by atoms with Gasteiger partial charge in [-0.3, -0.25) is 4.90 Å². The van der Waals surface area contributed by atoms with Crippen LogP contribution in [0.15, 0.2) is 0 Å². The molecule has 1 heterocycles. The molecule has 1 fully saturated rings. The van der Waals surface area contributed by atoms with Gasteiger partial charge in [-0.2, -0.15) is 0 Å². The molecule has 0 aliphatic carbocycles. The molecule has 0 saturated carbocycles. The molecule has 3 heteroatoms. The maximum atomic E-state index is 5.62. The van der Waals surface area contributed by atoms with Gasteiger partial charge in [0.15, 0.2) is 0 Å². The number of nitrogens with zero attached hydrogens (tertiary/aromatic N) is 1. The Morgan fingerprint density at radius 3 is 3.00 bits per heavy atom. The van der Waals surface area contributed by atoms with Crippen LogP contribution in [0.3, 0.4) is 0 Å². The standard InChI is InChI=1S/C11H23NO2/c1-3-5-6-12-7-8-14-11(9-12)10-13-4-2/h11H,3-10H2,1-2H3/t11-/m1/s1. The highest BCUT2D eigenvalue weighted by Gasteiger charge is 2.19. The molecule has 0 N–H and O–H groups in total. The first-order valence-corrected chi connectivity index (χ1v) is 5.78. The third kappa shape index (κ3) is 4.40. The van der Waals surface area contributed by atoms with Gasteiger partial charge in [0.25, 0.3) is 0 Å². The highest BCUT2D eigenvalue weighted by Crippen LogP contribution is 2.06. The van der Waals surface area contributed by atoms with E-state index in [1.54, 1.807) is 0 Å². The molecule has 3 nitrogen and oxygen atoms in total. The number of morpholine rings is 1. The van der Waals surface area contributed by atoms with E-state index >= 15 is 0 Å². The number of rotatable bonds is 6. The zero-order valence-corrected chi connectivity index (χ0v) is 9.50. The summed E-state index contributed by atoms with van der Waals surface area (Å²) < 4.78 is 11.0. The fourth-order valence-electron chi connectivity index (χ4n) is 1.72. The molecule has 0 spiro atoms. The second kappa shape index (κ2) is 7.21. The van der Waals surface area contributed by atoms with Gasteiger partial charge in [-0.25, -0.2) is 0 Å². The Balaban J connectivity index is 2.14. The van der Waals surface area contributed by atoms with E-state index in [4.69, 9.17) is 9.47 Å². The van der Waals surface area contributed by atoms with Crippen LogP contribution >= 0.6 is 0 Å². The van der Waals surface area contributed by atoms with E-state index in [1.807, 2.05) is 6.92 Å². The van der Waals surface area contributed by atoms with Crippen molar-refractivity contribution in [2.24, 2.45) is 0 Å². The van der Waals surface area contributed by atoms with Gasteiger partial charge in [-0.1, -0.05) is 13.3 Å². The first-order valence-electron chi connectivity index (χ1n) is 5.78. The summed E-state index contributed by atoms with van der Waals surface area (Å²) in [6, 6.07) is 0. The normalized spacial score (nSPS) is 24.0. The summed E-state index contributed by atoms with van der Waals surface area (Å²) in [7, 11) is 0. The smallest absolute Gasteiger partial charge is 0.0935 e. The largest absolute Gasteiger partial charge is 0.379 e. The van der Waals surface area contributed by atoms with Crippen LogP contribution in [0.2, 0.25) is 0 Å². The lowest BCUT2D eigenvalue weighted by molar-refractivity contribution is -0.0675. The van der Waals surface area contributed by atoms with Crippen molar-refractivity contribution in [3.05, 3.63) is 0 Å². The number of ether oxygens (including phenoxy) is 2. The minimum atomic E-state index is 0.292. The van der Waals surface area contributed by atoms with E-state index in [0.717, 1.165) is 32.9 Å². The van der Waals surface area contributed by atoms with Crippen molar-refractivity contribution in [2.45, 2.75) is 32.8 Å². The summed E-state index contributed by atoms with van der Waals surface area (Å²) in [5, 5.41) is 0. The van der Waals surface area contributed by atoms with Crippen LogP contribution in [-0.4, -0.2) is 50.5 Å². The molecule has 1 rings (SSSR count). The minimum Gasteiger partial charge on any atom is -0.379 e. The Labute approximate surface area is 87.4 Å². The van der Waals surface area contributed by atoms with E-state index in [0.29, 0.717) is 6.10 Å². The summed E-state index contributed by atoms with van der Waals surface area (Å²) in [6.45, 7) is 10.00. The maximum absolute atomic E-state index is 5.62. The monoisotopic (exact) mass is 201 g/mol. The Hall–Kier alpha value is -0.120. The van der Waals surface area contributed by atoms with Crippen molar-refractivity contribution < 1.29 is 9.47 Å². The van der Waals surface area contributed by atoms with Gasteiger partial charge in [0.2, 0.25) is 0 Å². The Kier molecular flexibility index (Phi) is 6.15. The first kappa shape index (κ1) is 12.0. The van der Waals surface area contributed by atoms with Gasteiger partial charge in [-0.05, 0) is 19.9 Å². The van der Waals surface area contributed by atoms with E-state index in [-0.39, 0.29) is 0 Å². The second-order valence-corrected chi connectivity index (χ2v) is 3.81. The van der Waals surface area contributed by atoms with Crippen molar-refractivity contribution in [3.63, 3.8) is 0 Å². The van der Waals surface area contributed by atoms with Crippen molar-refractivity contribution in [3.8, 4) is 0 Å². The van der Waals surface area contributed by atoms with Crippen molar-refractivity contribution in [2.75, 3.05) is 39.5 Å². The Bertz CT molecular complexity index is 127. The van der Waals surface area contributed by atoms with Gasteiger partial charge in [0, 0.05) is 19.7 Å². The fraction of sp³-hybridized carbons (Fsp3) is 1.00. The third-order valence-electron chi connectivity index (χ3n) is 2.56. The van der Waals surface area contributed by atoms with E-state index in [2.05, 4.69) is 11.8 Å². The molecule has 0 aromatic heterocycles. The molecule has 0 radical (unpaired) electrons. The molecule has 1 saturated heterocycles. The van der Waals surface area contributed by atoms with Gasteiger partial charge in [-0.15, -0.1) is 0 Å². The van der Waals surface area contributed by atoms with Gasteiger partial charge in [0.1, 0.15) is 0 Å². The Morgan fingerprint density at radius 2 is 2.29 bits per heavy atom. The Morgan fingerprint density at radius 1 is 1.43 bits per heavy atom. The number of hydrogen-bond acceptors (Lipinski definition) is 3. The average Bonchev–Trinajstić information content (AvgIpc) is 2.24. The van der Waals surface area contributed by atoms with Crippen LogP contribution < -0.4 is 0 Å². The second-order valence-electron chi connectivity index (χ2n) is 3.81. The fourth-order valence-corrected chi connectivity index (χ4v) is 1.72. The van der Waals surface area contributed by atoms with E-state index in [9.17, 15) is 0 Å². The summed E-state index contributed by atoms with van der Waals surface area (Å²) in [4.78, 5) is 2.48. The average molecular weight is 201 g/mol. The quantitative estimate of drug-likeness (QED) is 0.650. The van der Waals surface area contributed by atoms with Crippen LogP contribution in [-0.2, 0) is 9.47 Å². The molecule has 1 aliphatic heterocycles. The maximum Gasteiger partial charge on any atom is 0.0935 e. The third-order valence-corrected chi connectivity index (χ3v) is 2.56. The van der Waals surface area contributed by atoms with Gasteiger partial charge < -0.3 is 9.47 Å². The van der Waals surface area contributed by atoms with Gasteiger partial charge >= 0.3 is 0 Å². The molecule has 0 aromatic rings. The zero-order valence-electron chi connectivity index (χ0n) is 9.50. The van der Waals surface area contributed by atoms with Gasteiger partial charge in [0.05, 0.1) is 19.3 Å². The topological polar surface area (TPSA) is 21.7 Å². The summed E-state index contributed by atoms with van der Waals surface area (Å²) in [5.41, 5.74) is 0. The van der Waals surface area contributed by atoms with E-state index < -0.39 is 0 Å². The first-order chi connectivity index (χ1) is 6.86. The van der Waals surface area contributed by atoms with Crippen LogP contribution in [0.1, 0.15) is 26.7 Å². The van der Waals surface area contributed by atoms with E-state index in [1.165, 1.54) is 19.4 Å². The predicted molar refractivity (Wildman–Crippen MR) is 57.6 cm³/mol. The van der Waals surface area contributed by atoms with Crippen LogP contribution in [0, 0.1) is 0 Å². The summed E-state index contributed by atoms with van der Waals surface area (Å²) in [5.74, 6) is 0. The minimum absolute atomic E-state index is 0.292. The van der Waals surface area contributed by atoms with Crippen LogP contribution in [0.5, 0.6) is 0 Å². The predicted octanol–water partition coefficient (Wildman–Crippen LogP) is 1.52. The molecule has 0 aromatic carbocycles. The van der Waals surface area contributed by atoms with Crippen molar-refractivity contribution >= 4 is 0 Å². The number of hydrogen-bond donors (Lipinski definition) is 0. The molecule has 14 heavy (non-hydrogen) atoms. The SMILES string of the molecule is CCCCN1CCO[C@@H](COCC)C1. The van der Waals surface area contributed by atoms with Crippen LogP contribution in [0.25, 0.3) is 0 Å². The van der Waals surface area contributed by atoms with Crippen LogP contribution in [0.4, 0.5) is 0 Å². The molecular weight excluding hydrogens is 178 g/mol. The molecule has 84 valence electrons. The molecule has 0 bridgehead atoms. The number of unbranched alkanes of at least 4 members (excludes halogenated alkanes) is 1. The zero-order chi connectivity index (χ0) is 10.2. The highest BCUT2D eigenvalue weighted by molar-refractivity contribution is 4.70. The lowest BCUT2D eigenvalue weighted by Crippen LogP contribution is -2.44. The lowest BCUT2D eigenvalue weighted by atomic mass is 10.2. The highest BCUT2D eigenvalue weighted by atomic mass is 16.5. The molecule has 1 aliphatic rings. The molecule has 1 atom stereocenters. The molecule has 0 unspecified atom stereocenters. The van der Waals surface area contributed by atoms with Crippen molar-refractivity contribution in [1.82, 2.24) is 4.90 Å². The molecular formula is C11H23NO2. The summed E-state index contributed by atoms with van der Waals surface area (Å²) >= 11 is 0. The lowest BCUT2D eigenvalue weighted by Gasteiger charge is -2.32. The van der Waals surface area contributed by atoms with Crippen molar-refractivity contribution in [1.29, 1.82) is 0 Å². The summed E-state index contributed by atoms with van der Waals surface area (Å²) in [6.07, 6.45) is 2.86.